The number of piperidine rings is 1. The SMILES string of the molecule is CCOC(=O)N1CCN([C@@H]2CCCN(C(=O)c3ccc(COC)o3)C2)CC1. The molecule has 0 spiro atoms. The van der Waals surface area contributed by atoms with Gasteiger partial charge >= 0.3 is 6.09 Å². The first-order valence-corrected chi connectivity index (χ1v) is 9.65. The number of carbonyl (C=O) groups excluding carboxylic acids is 2. The van der Waals surface area contributed by atoms with Gasteiger partial charge in [0.2, 0.25) is 0 Å². The van der Waals surface area contributed by atoms with E-state index in [2.05, 4.69) is 4.90 Å². The molecule has 0 aromatic carbocycles. The summed E-state index contributed by atoms with van der Waals surface area (Å²) in [5.74, 6) is 0.964. The van der Waals surface area contributed by atoms with E-state index >= 15 is 0 Å². The number of likely N-dealkylation sites (tertiary alicyclic amines) is 1. The Kier molecular flexibility index (Phi) is 6.73. The smallest absolute Gasteiger partial charge is 0.409 e. The van der Waals surface area contributed by atoms with E-state index in [-0.39, 0.29) is 12.0 Å². The highest BCUT2D eigenvalue weighted by molar-refractivity contribution is 5.91. The number of hydrogen-bond acceptors (Lipinski definition) is 6. The Morgan fingerprint density at radius 2 is 1.93 bits per heavy atom. The minimum absolute atomic E-state index is 0.0628. The zero-order chi connectivity index (χ0) is 19.2. The maximum absolute atomic E-state index is 12.8. The second-order valence-electron chi connectivity index (χ2n) is 6.97. The molecule has 27 heavy (non-hydrogen) atoms. The summed E-state index contributed by atoms with van der Waals surface area (Å²) in [6.45, 7) is 6.98. The lowest BCUT2D eigenvalue weighted by Crippen LogP contribution is -2.56. The molecule has 0 radical (unpaired) electrons. The van der Waals surface area contributed by atoms with Crippen LogP contribution in [0.15, 0.2) is 16.5 Å². The van der Waals surface area contributed by atoms with Gasteiger partial charge < -0.3 is 23.7 Å². The van der Waals surface area contributed by atoms with Crippen molar-refractivity contribution < 1.29 is 23.5 Å². The van der Waals surface area contributed by atoms with E-state index in [0.29, 0.717) is 50.4 Å². The van der Waals surface area contributed by atoms with Crippen molar-refractivity contribution in [3.05, 3.63) is 23.7 Å². The Balaban J connectivity index is 1.53. The lowest BCUT2D eigenvalue weighted by Gasteiger charge is -2.42. The largest absolute Gasteiger partial charge is 0.453 e. The summed E-state index contributed by atoms with van der Waals surface area (Å²) in [5.41, 5.74) is 0. The molecule has 2 saturated heterocycles. The molecule has 1 aromatic rings. The van der Waals surface area contributed by atoms with Crippen LogP contribution >= 0.6 is 0 Å². The van der Waals surface area contributed by atoms with Crippen LogP contribution in [0, 0.1) is 0 Å². The lowest BCUT2D eigenvalue weighted by molar-refractivity contribution is 0.0361. The van der Waals surface area contributed by atoms with Crippen LogP contribution in [-0.4, -0.2) is 85.7 Å². The molecule has 0 unspecified atom stereocenters. The molecule has 2 aliphatic heterocycles. The summed E-state index contributed by atoms with van der Waals surface area (Å²) in [7, 11) is 1.60. The van der Waals surface area contributed by atoms with Gasteiger partial charge in [-0.3, -0.25) is 9.69 Å². The zero-order valence-electron chi connectivity index (χ0n) is 16.2. The molecule has 0 bridgehead atoms. The van der Waals surface area contributed by atoms with Gasteiger partial charge in [0.15, 0.2) is 5.76 Å². The predicted molar refractivity (Wildman–Crippen MR) is 98.5 cm³/mol. The van der Waals surface area contributed by atoms with Crippen LogP contribution in [0.1, 0.15) is 36.1 Å². The van der Waals surface area contributed by atoms with Crippen LogP contribution in [0.25, 0.3) is 0 Å². The molecule has 3 heterocycles. The number of methoxy groups -OCH3 is 1. The first-order chi connectivity index (χ1) is 13.1. The molecule has 8 nitrogen and oxygen atoms in total. The molecule has 2 aliphatic rings. The average molecular weight is 379 g/mol. The number of carbonyl (C=O) groups is 2. The molecule has 8 heteroatoms. The Morgan fingerprint density at radius 3 is 2.63 bits per heavy atom. The number of ether oxygens (including phenoxy) is 2. The minimum atomic E-state index is -0.234. The molecule has 150 valence electrons. The van der Waals surface area contributed by atoms with Gasteiger partial charge in [0.25, 0.3) is 5.91 Å². The number of piperazine rings is 1. The van der Waals surface area contributed by atoms with Crippen molar-refractivity contribution in [3.63, 3.8) is 0 Å². The monoisotopic (exact) mass is 379 g/mol. The molecule has 0 saturated carbocycles. The van der Waals surface area contributed by atoms with Crippen molar-refractivity contribution in [3.8, 4) is 0 Å². The standard InChI is InChI=1S/C19H29N3O5/c1-3-26-19(24)21-11-9-20(10-12-21)15-5-4-8-22(13-15)18(23)17-7-6-16(27-17)14-25-2/h6-7,15H,3-5,8-14H2,1-2H3/t15-/m1/s1. The highest BCUT2D eigenvalue weighted by Gasteiger charge is 2.32. The lowest BCUT2D eigenvalue weighted by atomic mass is 10.0. The zero-order valence-corrected chi connectivity index (χ0v) is 16.2. The van der Waals surface area contributed by atoms with E-state index in [1.54, 1.807) is 24.1 Å². The number of furan rings is 1. The average Bonchev–Trinajstić information content (AvgIpc) is 3.17. The van der Waals surface area contributed by atoms with Crippen molar-refractivity contribution in [1.82, 2.24) is 14.7 Å². The van der Waals surface area contributed by atoms with Crippen LogP contribution in [0.3, 0.4) is 0 Å². The number of amides is 2. The Hall–Kier alpha value is -2.06. The summed E-state index contributed by atoms with van der Waals surface area (Å²) >= 11 is 0. The highest BCUT2D eigenvalue weighted by atomic mass is 16.6. The fourth-order valence-electron chi connectivity index (χ4n) is 3.79. The Morgan fingerprint density at radius 1 is 1.15 bits per heavy atom. The van der Waals surface area contributed by atoms with E-state index in [4.69, 9.17) is 13.9 Å². The van der Waals surface area contributed by atoms with Crippen molar-refractivity contribution >= 4 is 12.0 Å². The van der Waals surface area contributed by atoms with Gasteiger partial charge in [0.1, 0.15) is 12.4 Å². The minimum Gasteiger partial charge on any atom is -0.453 e. The van der Waals surface area contributed by atoms with Crippen molar-refractivity contribution in [2.24, 2.45) is 0 Å². The van der Waals surface area contributed by atoms with Gasteiger partial charge in [-0.1, -0.05) is 0 Å². The van der Waals surface area contributed by atoms with Crippen molar-refractivity contribution in [1.29, 1.82) is 0 Å². The van der Waals surface area contributed by atoms with E-state index in [0.717, 1.165) is 32.5 Å². The molecule has 0 aliphatic carbocycles. The summed E-state index contributed by atoms with van der Waals surface area (Å²) in [5, 5.41) is 0. The Bertz CT molecular complexity index is 639. The first-order valence-electron chi connectivity index (χ1n) is 9.65. The molecular formula is C19H29N3O5. The topological polar surface area (TPSA) is 75.5 Å². The van der Waals surface area contributed by atoms with Gasteiger partial charge in [-0.05, 0) is 31.9 Å². The van der Waals surface area contributed by atoms with Crippen molar-refractivity contribution in [2.45, 2.75) is 32.4 Å². The third kappa shape index (κ3) is 4.81. The first kappa shape index (κ1) is 19.7. The number of nitrogens with zero attached hydrogens (tertiary/aromatic N) is 3. The molecule has 0 N–H and O–H groups in total. The van der Waals surface area contributed by atoms with E-state index in [1.165, 1.54) is 0 Å². The van der Waals surface area contributed by atoms with Gasteiger partial charge in [-0.15, -0.1) is 0 Å². The van der Waals surface area contributed by atoms with E-state index < -0.39 is 0 Å². The molecule has 1 aromatic heterocycles. The predicted octanol–water partition coefficient (Wildman–Crippen LogP) is 1.80. The van der Waals surface area contributed by atoms with Crippen molar-refractivity contribution in [2.75, 3.05) is 53.0 Å². The molecule has 2 amide bonds. The third-order valence-electron chi connectivity index (χ3n) is 5.20. The molecule has 3 rings (SSSR count). The highest BCUT2D eigenvalue weighted by Crippen LogP contribution is 2.21. The fourth-order valence-corrected chi connectivity index (χ4v) is 3.79. The normalized spacial score (nSPS) is 21.3. The molecule has 2 fully saturated rings. The van der Waals surface area contributed by atoms with Crippen LogP contribution in [0.5, 0.6) is 0 Å². The van der Waals surface area contributed by atoms with Gasteiger partial charge in [0, 0.05) is 52.4 Å². The van der Waals surface area contributed by atoms with E-state index in [9.17, 15) is 9.59 Å². The van der Waals surface area contributed by atoms with Gasteiger partial charge in [-0.2, -0.15) is 0 Å². The quantitative estimate of drug-likeness (QED) is 0.777. The molecule has 1 atom stereocenters. The van der Waals surface area contributed by atoms with Crippen LogP contribution in [0.4, 0.5) is 4.79 Å². The Labute approximate surface area is 160 Å². The summed E-state index contributed by atoms with van der Waals surface area (Å²) in [6.07, 6.45) is 1.80. The summed E-state index contributed by atoms with van der Waals surface area (Å²) < 4.78 is 15.7. The van der Waals surface area contributed by atoms with Crippen LogP contribution in [-0.2, 0) is 16.1 Å². The second-order valence-corrected chi connectivity index (χ2v) is 6.97. The molecular weight excluding hydrogens is 350 g/mol. The third-order valence-corrected chi connectivity index (χ3v) is 5.20. The maximum Gasteiger partial charge on any atom is 0.409 e. The van der Waals surface area contributed by atoms with Crippen LogP contribution in [0.2, 0.25) is 0 Å². The maximum atomic E-state index is 12.8. The van der Waals surface area contributed by atoms with Gasteiger partial charge in [-0.25, -0.2) is 4.79 Å². The van der Waals surface area contributed by atoms with E-state index in [1.807, 2.05) is 11.8 Å². The number of rotatable bonds is 5. The van der Waals surface area contributed by atoms with Gasteiger partial charge in [0.05, 0.1) is 6.61 Å². The summed E-state index contributed by atoms with van der Waals surface area (Å²) in [6, 6.07) is 3.83. The number of hydrogen-bond donors (Lipinski definition) is 0. The summed E-state index contributed by atoms with van der Waals surface area (Å²) in [4.78, 5) is 30.6. The fraction of sp³-hybridized carbons (Fsp3) is 0.684. The van der Waals surface area contributed by atoms with Crippen LogP contribution < -0.4 is 0 Å². The second kappa shape index (κ2) is 9.23.